The summed E-state index contributed by atoms with van der Waals surface area (Å²) in [7, 11) is 0. The smallest absolute Gasteiger partial charge is 0.149 e. The van der Waals surface area contributed by atoms with Gasteiger partial charge < -0.3 is 10.2 Å². The third kappa shape index (κ3) is 3.22. The Morgan fingerprint density at radius 2 is 1.44 bits per heavy atom. The Labute approximate surface area is 157 Å². The molecule has 1 aliphatic rings. The largest absolute Gasteiger partial charge is 0.508 e. The van der Waals surface area contributed by atoms with E-state index in [1.165, 1.54) is 5.12 Å². The summed E-state index contributed by atoms with van der Waals surface area (Å²) in [4.78, 5) is 0. The van der Waals surface area contributed by atoms with E-state index in [2.05, 4.69) is 10.5 Å². The van der Waals surface area contributed by atoms with Gasteiger partial charge in [0.15, 0.2) is 0 Å². The number of benzene rings is 3. The summed E-state index contributed by atoms with van der Waals surface area (Å²) in [5.41, 5.74) is 7.69. The van der Waals surface area contributed by atoms with E-state index in [4.69, 9.17) is 0 Å². The van der Waals surface area contributed by atoms with Crippen molar-refractivity contribution in [2.45, 2.75) is 6.92 Å². The minimum atomic E-state index is -0.0204. The van der Waals surface area contributed by atoms with Gasteiger partial charge in [-0.15, -0.1) is 0 Å². The Morgan fingerprint density at radius 3 is 2.11 bits per heavy atom. The number of hydrogen-bond donors (Lipinski definition) is 3. The first-order valence-electron chi connectivity index (χ1n) is 8.63. The molecule has 1 aliphatic heterocycles. The molecule has 0 aliphatic carbocycles. The molecular formula is C22H19N3O2. The quantitative estimate of drug-likeness (QED) is 0.658. The van der Waals surface area contributed by atoms with Crippen LogP contribution in [0, 0.1) is 6.92 Å². The number of nitrogens with one attached hydrogen (secondary N) is 1. The average Bonchev–Trinajstić information content (AvgIpc) is 2.73. The molecule has 3 N–H and O–H groups in total. The Balaban J connectivity index is 1.83. The van der Waals surface area contributed by atoms with E-state index < -0.39 is 0 Å². The van der Waals surface area contributed by atoms with Crippen molar-refractivity contribution in [2.75, 3.05) is 5.12 Å². The van der Waals surface area contributed by atoms with Crippen molar-refractivity contribution in [1.82, 2.24) is 5.43 Å². The maximum absolute atomic E-state index is 10.5. The van der Waals surface area contributed by atoms with Crippen molar-refractivity contribution >= 4 is 17.1 Å². The predicted octanol–water partition coefficient (Wildman–Crippen LogP) is 4.18. The van der Waals surface area contributed by atoms with Crippen molar-refractivity contribution in [3.63, 3.8) is 0 Å². The summed E-state index contributed by atoms with van der Waals surface area (Å²) in [6.07, 6.45) is 1.98. The SMILES string of the molecule is Cc1c(O)ccc(N2N=C(c3ccccc3)C=C(c3ccccc3)N2)c1O. The molecule has 3 aromatic rings. The van der Waals surface area contributed by atoms with E-state index in [1.54, 1.807) is 19.1 Å². The summed E-state index contributed by atoms with van der Waals surface area (Å²) >= 11 is 0. The highest BCUT2D eigenvalue weighted by Gasteiger charge is 2.21. The molecule has 0 radical (unpaired) electrons. The molecule has 0 unspecified atom stereocenters. The Hall–Kier alpha value is -3.73. The van der Waals surface area contributed by atoms with E-state index in [0.717, 1.165) is 22.5 Å². The number of rotatable bonds is 3. The van der Waals surface area contributed by atoms with Crippen LogP contribution in [0.3, 0.4) is 0 Å². The van der Waals surface area contributed by atoms with Gasteiger partial charge in [0.2, 0.25) is 0 Å². The molecule has 0 aromatic heterocycles. The zero-order chi connectivity index (χ0) is 18.8. The molecule has 27 heavy (non-hydrogen) atoms. The van der Waals surface area contributed by atoms with Gasteiger partial charge in [0.25, 0.3) is 0 Å². The van der Waals surface area contributed by atoms with Crippen LogP contribution in [0.1, 0.15) is 16.7 Å². The molecule has 0 spiro atoms. The van der Waals surface area contributed by atoms with E-state index in [-0.39, 0.29) is 11.5 Å². The normalized spacial score (nSPS) is 13.6. The lowest BCUT2D eigenvalue weighted by atomic mass is 10.1. The zero-order valence-corrected chi connectivity index (χ0v) is 14.8. The second-order valence-electron chi connectivity index (χ2n) is 6.28. The molecule has 5 nitrogen and oxygen atoms in total. The third-order valence-corrected chi connectivity index (χ3v) is 4.48. The van der Waals surface area contributed by atoms with Gasteiger partial charge in [0.05, 0.1) is 11.4 Å². The number of allylic oxidation sites excluding steroid dienone is 1. The topological polar surface area (TPSA) is 68.1 Å². The van der Waals surface area contributed by atoms with Crippen LogP contribution in [0.25, 0.3) is 5.70 Å². The van der Waals surface area contributed by atoms with Gasteiger partial charge >= 0.3 is 0 Å². The molecule has 0 saturated carbocycles. The fourth-order valence-corrected chi connectivity index (χ4v) is 2.92. The van der Waals surface area contributed by atoms with Crippen LogP contribution in [-0.4, -0.2) is 15.9 Å². The summed E-state index contributed by atoms with van der Waals surface area (Å²) in [6.45, 7) is 1.66. The Kier molecular flexibility index (Phi) is 4.26. The Morgan fingerprint density at radius 1 is 0.815 bits per heavy atom. The van der Waals surface area contributed by atoms with Crippen molar-refractivity contribution in [1.29, 1.82) is 0 Å². The predicted molar refractivity (Wildman–Crippen MR) is 108 cm³/mol. The molecule has 3 aromatic carbocycles. The zero-order valence-electron chi connectivity index (χ0n) is 14.8. The molecule has 0 fully saturated rings. The maximum Gasteiger partial charge on any atom is 0.149 e. The van der Waals surface area contributed by atoms with Crippen molar-refractivity contribution in [2.24, 2.45) is 5.10 Å². The van der Waals surface area contributed by atoms with Crippen molar-refractivity contribution in [3.05, 3.63) is 95.6 Å². The molecule has 0 saturated heterocycles. The number of hydrazine groups is 1. The van der Waals surface area contributed by atoms with Crippen LogP contribution < -0.4 is 10.5 Å². The van der Waals surface area contributed by atoms with Crippen molar-refractivity contribution < 1.29 is 10.2 Å². The minimum absolute atomic E-state index is 0.0204. The van der Waals surface area contributed by atoms with Gasteiger partial charge in [0.1, 0.15) is 17.2 Å². The Bertz CT molecular complexity index is 1030. The van der Waals surface area contributed by atoms with Crippen molar-refractivity contribution in [3.8, 4) is 11.5 Å². The first-order valence-corrected chi connectivity index (χ1v) is 8.63. The highest BCUT2D eigenvalue weighted by atomic mass is 16.3. The maximum atomic E-state index is 10.5. The van der Waals surface area contributed by atoms with Crippen LogP contribution in [0.5, 0.6) is 11.5 Å². The molecule has 0 atom stereocenters. The monoisotopic (exact) mass is 357 g/mol. The summed E-state index contributed by atoms with van der Waals surface area (Å²) in [5, 5.41) is 26.5. The number of anilines is 1. The molecule has 1 heterocycles. The number of phenolic OH excluding ortho intramolecular Hbond substituents is 2. The number of hydrogen-bond acceptors (Lipinski definition) is 5. The second kappa shape index (κ2) is 6.88. The van der Waals surface area contributed by atoms with E-state index >= 15 is 0 Å². The third-order valence-electron chi connectivity index (χ3n) is 4.48. The van der Waals surface area contributed by atoms with E-state index in [9.17, 15) is 10.2 Å². The molecule has 0 bridgehead atoms. The summed E-state index contributed by atoms with van der Waals surface area (Å²) < 4.78 is 0. The number of aromatic hydroxyl groups is 2. The molecule has 4 rings (SSSR count). The second-order valence-corrected chi connectivity index (χ2v) is 6.28. The molecule has 5 heteroatoms. The van der Waals surface area contributed by atoms with Gasteiger partial charge in [-0.2, -0.15) is 10.2 Å². The van der Waals surface area contributed by atoms with Crippen LogP contribution in [0.2, 0.25) is 0 Å². The fraction of sp³-hybridized carbons (Fsp3) is 0.0455. The van der Waals surface area contributed by atoms with Crippen LogP contribution in [0.4, 0.5) is 5.69 Å². The molecule has 134 valence electrons. The van der Waals surface area contributed by atoms with Crippen LogP contribution >= 0.6 is 0 Å². The highest BCUT2D eigenvalue weighted by molar-refractivity contribution is 6.13. The number of hydrazone groups is 1. The lowest BCUT2D eigenvalue weighted by molar-refractivity contribution is 0.442. The molecular weight excluding hydrogens is 338 g/mol. The summed E-state index contributed by atoms with van der Waals surface area (Å²) in [5.74, 6) is 0.0207. The minimum Gasteiger partial charge on any atom is -0.508 e. The standard InChI is InChI=1S/C22H19N3O2/c1-15-21(26)13-12-20(22(15)27)25-23-18(16-8-4-2-5-9-16)14-19(24-25)17-10-6-3-7-11-17/h2-14,23,26-27H,1H3. The van der Waals surface area contributed by atoms with Crippen LogP contribution in [0.15, 0.2) is 84.0 Å². The number of phenols is 2. The van der Waals surface area contributed by atoms with Gasteiger partial charge in [-0.05, 0) is 30.7 Å². The van der Waals surface area contributed by atoms with Gasteiger partial charge in [0, 0.05) is 11.1 Å². The average molecular weight is 357 g/mol. The van der Waals surface area contributed by atoms with Gasteiger partial charge in [-0.3, -0.25) is 5.43 Å². The first-order chi connectivity index (χ1) is 13.1. The summed E-state index contributed by atoms with van der Waals surface area (Å²) in [6, 6.07) is 23.0. The fourth-order valence-electron chi connectivity index (χ4n) is 2.92. The van der Waals surface area contributed by atoms with E-state index in [1.807, 2.05) is 66.7 Å². The number of nitrogens with zero attached hydrogens (tertiary/aromatic N) is 2. The van der Waals surface area contributed by atoms with Gasteiger partial charge in [-0.1, -0.05) is 60.7 Å². The molecule has 0 amide bonds. The lowest BCUT2D eigenvalue weighted by Gasteiger charge is -2.28. The van der Waals surface area contributed by atoms with Gasteiger partial charge in [-0.25, -0.2) is 0 Å². The first kappa shape index (κ1) is 16.7. The van der Waals surface area contributed by atoms with E-state index in [0.29, 0.717) is 11.3 Å². The highest BCUT2D eigenvalue weighted by Crippen LogP contribution is 2.36. The lowest BCUT2D eigenvalue weighted by Crippen LogP contribution is -2.36. The van der Waals surface area contributed by atoms with Crippen LogP contribution in [-0.2, 0) is 0 Å².